The molecule has 0 aromatic heterocycles. The van der Waals surface area contributed by atoms with Gasteiger partial charge in [0.2, 0.25) is 0 Å². The number of carbonyl (C=O) groups excluding carboxylic acids is 1. The van der Waals surface area contributed by atoms with Crippen LogP contribution in [0.2, 0.25) is 0 Å². The molecule has 0 unspecified atom stereocenters. The molecule has 0 aliphatic carbocycles. The molecular weight excluding hydrogens is 155 g/mol. The summed E-state index contributed by atoms with van der Waals surface area (Å²) in [5.74, 6) is -1.90. The van der Waals surface area contributed by atoms with Crippen molar-refractivity contribution in [3.63, 3.8) is 0 Å². The van der Waals surface area contributed by atoms with Gasteiger partial charge in [-0.05, 0) is 27.4 Å². The van der Waals surface area contributed by atoms with Crippen LogP contribution in [0.1, 0.15) is 59.4 Å². The van der Waals surface area contributed by atoms with Crippen molar-refractivity contribution < 1.29 is 29.2 Å². The number of hydroxylamine groups is 2. The van der Waals surface area contributed by atoms with Crippen LogP contribution in [-0.2, 0) is 10.0 Å². The highest BCUT2D eigenvalue weighted by atomic mass is 16.8. The molecule has 1 heterocycles. The molecule has 12 heavy (non-hydrogen) atoms. The molecule has 0 amide bonds. The van der Waals surface area contributed by atoms with E-state index in [1.807, 2.05) is 0 Å². The smallest absolute Gasteiger partial charge is 0.136 e. The van der Waals surface area contributed by atoms with Crippen molar-refractivity contribution >= 4 is 5.78 Å². The predicted molar refractivity (Wildman–Crippen MR) is 44.9 cm³/mol. The Morgan fingerprint density at radius 3 is 2.50 bits per heavy atom. The Hall–Kier alpha value is -0.410. The summed E-state index contributed by atoms with van der Waals surface area (Å²) in [6, 6.07) is 0. The van der Waals surface area contributed by atoms with Gasteiger partial charge < -0.3 is 0 Å². The highest BCUT2D eigenvalue weighted by Crippen LogP contribution is 2.34. The second-order valence-corrected chi connectivity index (χ2v) is 2.59. The highest BCUT2D eigenvalue weighted by molar-refractivity contribution is 5.81. The lowest BCUT2D eigenvalue weighted by Gasteiger charge is -2.45. The number of carbonyl (C=O) groups is 1. The van der Waals surface area contributed by atoms with Gasteiger partial charge in [-0.3, -0.25) is 4.79 Å². The average molecular weight is 185 g/mol. The normalized spacial score (nSPS) is 54.6. The lowest BCUT2D eigenvalue weighted by atomic mass is 9.85. The summed E-state index contributed by atoms with van der Waals surface area (Å²) < 4.78 is 105. The standard InChI is InChI=1S/C9H16NO2/c1-8(2)5-7(11)6-9(3,4)10(8)12/h5-6H2,1-4H3/i1D3,2D3,3D3,4D3,5D2,10+1. The molecule has 1 rings (SSSR count). The second-order valence-electron chi connectivity index (χ2n) is 2.59. The molecule has 1 radical (unpaired) electrons. The van der Waals surface area contributed by atoms with E-state index in [4.69, 9.17) is 19.2 Å². The molecule has 3 nitrogen and oxygen atoms in total. The van der Waals surface area contributed by atoms with Gasteiger partial charge >= 0.3 is 0 Å². The topological polar surface area (TPSA) is 40.2 Å². The van der Waals surface area contributed by atoms with Crippen LogP contribution in [0.25, 0.3) is 0 Å². The zero-order valence-electron chi connectivity index (χ0n) is 20.0. The van der Waals surface area contributed by atoms with Gasteiger partial charge in [-0.2, -0.15) is 0 Å². The van der Waals surface area contributed by atoms with Crippen LogP contribution in [0.15, 0.2) is 0 Å². The van der Waals surface area contributed by atoms with Crippen molar-refractivity contribution in [1.29, 1.82) is 0 Å². The minimum absolute atomic E-state index is 1.21. The first kappa shape index (κ1) is 1.98. The van der Waals surface area contributed by atoms with Gasteiger partial charge in [-0.15, -0.1) is 10.3 Å². The molecule has 1 aliphatic rings. The van der Waals surface area contributed by atoms with Crippen molar-refractivity contribution in [2.75, 3.05) is 0 Å². The average Bonchev–Trinajstić information content (AvgIpc) is 2.26. The molecule has 0 spiro atoms. The number of rotatable bonds is 0. The molecule has 3 heteroatoms. The third kappa shape index (κ3) is 1.52. The van der Waals surface area contributed by atoms with E-state index >= 15 is 0 Å². The van der Waals surface area contributed by atoms with Gasteiger partial charge in [0, 0.05) is 32.0 Å². The summed E-state index contributed by atoms with van der Waals surface area (Å²) in [6.07, 6.45) is -5.57. The van der Waals surface area contributed by atoms with E-state index in [1.54, 1.807) is 0 Å². The first-order chi connectivity index (χ1) is 11.0. The first-order valence-corrected chi connectivity index (χ1v) is 3.04. The maximum Gasteiger partial charge on any atom is 0.136 e. The summed E-state index contributed by atoms with van der Waals surface area (Å²) in [7, 11) is 0. The number of Topliss-reactive ketones (excluding diaryl/α,β-unsaturated/α-hetero) is 1. The molecule has 1 fully saturated rings. The number of hydrogen-bond acceptors (Lipinski definition) is 2. The van der Waals surface area contributed by atoms with Crippen LogP contribution >= 0.6 is 0 Å². The third-order valence-electron chi connectivity index (χ3n) is 1.39. The Labute approximate surface area is 93.0 Å². The van der Waals surface area contributed by atoms with Crippen molar-refractivity contribution in [1.82, 2.24) is 5.06 Å². The summed E-state index contributed by atoms with van der Waals surface area (Å²) in [5, 5.41) is 11.8. The minimum atomic E-state index is -4.23. The maximum absolute atomic E-state index is 13.0. The zero-order valence-corrected chi connectivity index (χ0v) is 5.97. The van der Waals surface area contributed by atoms with E-state index in [1.165, 1.54) is 0 Å². The predicted octanol–water partition coefficient (Wildman–Crippen LogP) is 1.55. The fourth-order valence-electron chi connectivity index (χ4n) is 0.887. The Kier molecular flexibility index (Phi) is 0.420. The number of piperidine rings is 1. The van der Waals surface area contributed by atoms with Crippen molar-refractivity contribution in [2.45, 2.75) is 51.3 Å². The molecule has 0 aromatic carbocycles. The number of nitrogens with zero attached hydrogens (tertiary/aromatic N) is 1. The van der Waals surface area contributed by atoms with Gasteiger partial charge in [-0.25, -0.2) is 0 Å². The summed E-state index contributed by atoms with van der Waals surface area (Å²) in [5.41, 5.74) is -7.98. The minimum Gasteiger partial charge on any atom is -0.300 e. The van der Waals surface area contributed by atoms with Crippen LogP contribution in [-0.4, -0.2) is 21.9 Å². The molecule has 0 aromatic rings. The van der Waals surface area contributed by atoms with E-state index in [-0.39, 0.29) is 0 Å². The van der Waals surface area contributed by atoms with Gasteiger partial charge in [0.1, 0.15) is 5.78 Å². The fourth-order valence-corrected chi connectivity index (χ4v) is 0.887. The molecule has 0 atom stereocenters. The zero-order chi connectivity index (χ0) is 21.4. The Balaban J connectivity index is 4.15. The molecule has 0 bridgehead atoms. The van der Waals surface area contributed by atoms with Crippen LogP contribution < -0.4 is 0 Å². The van der Waals surface area contributed by atoms with E-state index in [0.717, 1.165) is 0 Å². The second kappa shape index (κ2) is 2.54. The number of ketones is 1. The van der Waals surface area contributed by atoms with Crippen LogP contribution in [0.4, 0.5) is 0 Å². The van der Waals surface area contributed by atoms with E-state index in [9.17, 15) is 10.0 Å². The molecule has 69 valence electrons. The van der Waals surface area contributed by atoms with Crippen LogP contribution in [0, 0.1) is 0 Å². The molecule has 0 N–H and O–H groups in total. The monoisotopic (exact) mass is 185 g/mol. The first-order valence-electron chi connectivity index (χ1n) is 10.0. The Bertz CT molecular complexity index is 553. The quantitative estimate of drug-likeness (QED) is 0.537. The number of hydrogen-bond donors (Lipinski definition) is 0. The largest absolute Gasteiger partial charge is 0.300 e. The van der Waals surface area contributed by atoms with Crippen molar-refractivity contribution in [3.8, 4) is 0 Å². The van der Waals surface area contributed by atoms with Gasteiger partial charge in [-0.1, -0.05) is 0 Å². The fraction of sp³-hybridized carbons (Fsp3) is 0.889. The molecule has 1 aliphatic heterocycles. The molecule has 0 saturated carbocycles. The van der Waals surface area contributed by atoms with Crippen LogP contribution in [0.5, 0.6) is 0 Å². The Morgan fingerprint density at radius 1 is 1.42 bits per heavy atom. The van der Waals surface area contributed by atoms with Gasteiger partial charge in [0.25, 0.3) is 0 Å². The van der Waals surface area contributed by atoms with Gasteiger partial charge in [0.15, 0.2) is 0 Å². The van der Waals surface area contributed by atoms with Crippen molar-refractivity contribution in [2.24, 2.45) is 0 Å². The molecular formula is C9H16NO2. The lowest BCUT2D eigenvalue weighted by molar-refractivity contribution is -0.280. The lowest BCUT2D eigenvalue weighted by Crippen LogP contribution is -2.58. The highest BCUT2D eigenvalue weighted by Gasteiger charge is 2.45. The third-order valence-corrected chi connectivity index (χ3v) is 1.39. The van der Waals surface area contributed by atoms with Crippen molar-refractivity contribution in [3.05, 3.63) is 0 Å². The Morgan fingerprint density at radius 2 is 2.00 bits per heavy atom. The van der Waals surface area contributed by atoms with E-state index in [2.05, 4.69) is 0 Å². The van der Waals surface area contributed by atoms with Crippen LogP contribution in [0.3, 0.4) is 0 Å². The van der Waals surface area contributed by atoms with E-state index in [0.29, 0.717) is 0 Å². The molecule has 1 saturated heterocycles. The summed E-state index contributed by atoms with van der Waals surface area (Å²) in [6.45, 7) is -15.8. The summed E-state index contributed by atoms with van der Waals surface area (Å²) >= 11 is 0. The summed E-state index contributed by atoms with van der Waals surface area (Å²) in [4.78, 5) is 12.3. The maximum atomic E-state index is 13.0. The van der Waals surface area contributed by atoms with Gasteiger partial charge in [0.05, 0.1) is 11.1 Å². The van der Waals surface area contributed by atoms with E-state index < -0.39 is 62.1 Å². The SMILES string of the molecule is [2H]C([2H])([2H])C1(C([2H])([2H])[2H])CC(=O)C([2H])([2H])C(C([2H])([2H])[2H])(C([2H])([2H])[2H])[15N]1[O].